The molecule has 8 nitrogen and oxygen atoms in total. The molecule has 1 aliphatic heterocycles. The van der Waals surface area contributed by atoms with Crippen LogP contribution in [0.4, 0.5) is 0 Å². The van der Waals surface area contributed by atoms with Crippen LogP contribution in [0.25, 0.3) is 11.3 Å². The van der Waals surface area contributed by atoms with E-state index in [1.807, 2.05) is 32.0 Å². The first-order valence-electron chi connectivity index (χ1n) is 12.4. The Hall–Kier alpha value is -3.17. The van der Waals surface area contributed by atoms with Gasteiger partial charge in [0.15, 0.2) is 23.0 Å². The summed E-state index contributed by atoms with van der Waals surface area (Å²) in [5, 5.41) is 21.1. The molecular weight excluding hydrogens is 508 g/mol. The highest BCUT2D eigenvalue weighted by molar-refractivity contribution is 6.31. The van der Waals surface area contributed by atoms with Crippen LogP contribution in [-0.4, -0.2) is 47.9 Å². The molecular formula is C29H33ClN2O6. The number of aliphatic hydroxyl groups is 2. The zero-order valence-electron chi connectivity index (χ0n) is 22.0. The highest BCUT2D eigenvalue weighted by Crippen LogP contribution is 2.44. The van der Waals surface area contributed by atoms with Gasteiger partial charge in [-0.25, -0.2) is 4.98 Å². The number of carbonyl (C=O) groups excluding carboxylic acids is 1. The van der Waals surface area contributed by atoms with Crippen LogP contribution in [-0.2, 0) is 11.1 Å². The molecule has 0 radical (unpaired) electrons. The van der Waals surface area contributed by atoms with Crippen LogP contribution in [0.1, 0.15) is 53.9 Å². The molecule has 9 heteroatoms. The summed E-state index contributed by atoms with van der Waals surface area (Å²) in [7, 11) is 1.48. The number of hydrogen-bond acceptors (Lipinski definition) is 8. The lowest BCUT2D eigenvalue weighted by molar-refractivity contribution is 0.0396. The third kappa shape index (κ3) is 5.63. The standard InChI is InChI=1S/C29H33ClN2O6/c1-17-5-6-19(13-21(17)30)26-27-20(28(2,31)16-38-27)15-25(32-26)29(3,35)10-9-22(34)18-7-8-23(37-12-11-33)24(14-18)36-4/h5-8,13-15,33,35H,9-12,16,31H2,1-4H3. The highest BCUT2D eigenvalue weighted by atomic mass is 35.5. The van der Waals surface area contributed by atoms with Gasteiger partial charge in [-0.2, -0.15) is 0 Å². The van der Waals surface area contributed by atoms with Gasteiger partial charge in [0.25, 0.3) is 0 Å². The summed E-state index contributed by atoms with van der Waals surface area (Å²) in [6, 6.07) is 12.2. The Morgan fingerprint density at radius 3 is 2.68 bits per heavy atom. The van der Waals surface area contributed by atoms with Crippen molar-refractivity contribution >= 4 is 17.4 Å². The van der Waals surface area contributed by atoms with Gasteiger partial charge in [-0.15, -0.1) is 0 Å². The van der Waals surface area contributed by atoms with Crippen molar-refractivity contribution in [2.45, 2.75) is 44.8 Å². The maximum atomic E-state index is 13.0. The molecule has 0 fully saturated rings. The SMILES string of the molecule is COc1cc(C(=O)CCC(C)(O)c2cc3c(c(-c4ccc(C)c(Cl)c4)n2)OCC3(C)N)ccc1OCCO. The minimum absolute atomic E-state index is 0.0633. The fourth-order valence-electron chi connectivity index (χ4n) is 4.36. The molecule has 4 rings (SSSR count). The van der Waals surface area contributed by atoms with Crippen LogP contribution in [0.2, 0.25) is 5.02 Å². The number of aromatic nitrogens is 1. The van der Waals surface area contributed by atoms with Gasteiger partial charge < -0.3 is 30.2 Å². The van der Waals surface area contributed by atoms with Crippen LogP contribution in [0, 0.1) is 6.92 Å². The van der Waals surface area contributed by atoms with Gasteiger partial charge in [0, 0.05) is 28.1 Å². The van der Waals surface area contributed by atoms with Crippen LogP contribution < -0.4 is 19.9 Å². The van der Waals surface area contributed by atoms with Crippen molar-refractivity contribution in [1.82, 2.24) is 4.98 Å². The molecule has 2 heterocycles. The molecule has 2 aromatic carbocycles. The second-order valence-electron chi connectivity index (χ2n) is 10.0. The predicted octanol–water partition coefficient (Wildman–Crippen LogP) is 4.53. The van der Waals surface area contributed by atoms with E-state index in [2.05, 4.69) is 0 Å². The van der Waals surface area contributed by atoms with Crippen molar-refractivity contribution in [3.05, 3.63) is 69.9 Å². The Labute approximate surface area is 227 Å². The monoisotopic (exact) mass is 540 g/mol. The number of nitrogens with zero attached hydrogens (tertiary/aromatic N) is 1. The Morgan fingerprint density at radius 1 is 1.24 bits per heavy atom. The summed E-state index contributed by atoms with van der Waals surface area (Å²) in [6.45, 7) is 5.68. The predicted molar refractivity (Wildman–Crippen MR) is 145 cm³/mol. The lowest BCUT2D eigenvalue weighted by Crippen LogP contribution is -2.35. The molecule has 0 aliphatic carbocycles. The Kier molecular flexibility index (Phi) is 7.99. The lowest BCUT2D eigenvalue weighted by atomic mass is 9.88. The molecule has 3 aromatic rings. The zero-order valence-corrected chi connectivity index (χ0v) is 22.8. The van der Waals surface area contributed by atoms with E-state index in [0.29, 0.717) is 39.2 Å². The van der Waals surface area contributed by atoms with E-state index in [9.17, 15) is 9.90 Å². The van der Waals surface area contributed by atoms with Crippen LogP contribution in [0.5, 0.6) is 17.2 Å². The zero-order chi connectivity index (χ0) is 27.7. The summed E-state index contributed by atoms with van der Waals surface area (Å²) < 4.78 is 16.7. The topological polar surface area (TPSA) is 124 Å². The number of Topliss-reactive ketones (excluding diaryl/α,β-unsaturated/α-hetero) is 1. The summed E-state index contributed by atoms with van der Waals surface area (Å²) in [5.74, 6) is 1.22. The Morgan fingerprint density at radius 2 is 2.00 bits per heavy atom. The van der Waals surface area contributed by atoms with E-state index < -0.39 is 11.1 Å². The van der Waals surface area contributed by atoms with E-state index in [1.54, 1.807) is 31.2 Å². The third-order valence-electron chi connectivity index (χ3n) is 6.78. The van der Waals surface area contributed by atoms with Gasteiger partial charge in [0.05, 0.1) is 24.9 Å². The molecule has 1 aromatic heterocycles. The molecule has 2 atom stereocenters. The number of ketones is 1. The molecule has 0 bridgehead atoms. The normalized spacial score (nSPS) is 17.9. The average molecular weight is 541 g/mol. The van der Waals surface area contributed by atoms with Crippen molar-refractivity contribution in [3.8, 4) is 28.5 Å². The van der Waals surface area contributed by atoms with Gasteiger partial charge in [0.1, 0.15) is 24.5 Å². The average Bonchev–Trinajstić information content (AvgIpc) is 3.21. The molecule has 38 heavy (non-hydrogen) atoms. The van der Waals surface area contributed by atoms with Gasteiger partial charge in [0.2, 0.25) is 0 Å². The highest BCUT2D eigenvalue weighted by Gasteiger charge is 2.38. The van der Waals surface area contributed by atoms with E-state index >= 15 is 0 Å². The van der Waals surface area contributed by atoms with E-state index in [-0.39, 0.29) is 38.4 Å². The summed E-state index contributed by atoms with van der Waals surface area (Å²) in [5.41, 5.74) is 8.11. The number of pyridine rings is 1. The van der Waals surface area contributed by atoms with E-state index in [4.69, 9.17) is 41.6 Å². The van der Waals surface area contributed by atoms with Gasteiger partial charge in [-0.1, -0.05) is 23.7 Å². The minimum Gasteiger partial charge on any atom is -0.493 e. The van der Waals surface area contributed by atoms with Gasteiger partial charge in [-0.3, -0.25) is 4.79 Å². The quantitative estimate of drug-likeness (QED) is 0.320. The molecule has 202 valence electrons. The Bertz CT molecular complexity index is 1360. The van der Waals surface area contributed by atoms with E-state index in [1.165, 1.54) is 7.11 Å². The first-order chi connectivity index (χ1) is 18.0. The van der Waals surface area contributed by atoms with Crippen molar-refractivity contribution in [2.24, 2.45) is 5.73 Å². The number of ether oxygens (including phenoxy) is 3. The van der Waals surface area contributed by atoms with Crippen molar-refractivity contribution in [1.29, 1.82) is 0 Å². The molecule has 0 saturated heterocycles. The summed E-state index contributed by atoms with van der Waals surface area (Å²) >= 11 is 6.39. The number of hydrogen-bond donors (Lipinski definition) is 3. The Balaban J connectivity index is 1.62. The lowest BCUT2D eigenvalue weighted by Gasteiger charge is -2.25. The number of rotatable bonds is 10. The minimum atomic E-state index is -1.43. The van der Waals surface area contributed by atoms with Crippen molar-refractivity contribution in [3.63, 3.8) is 0 Å². The molecule has 1 aliphatic rings. The maximum Gasteiger partial charge on any atom is 0.163 e. The molecule has 4 N–H and O–H groups in total. The molecule has 0 amide bonds. The van der Waals surface area contributed by atoms with Crippen LogP contribution in [0.3, 0.4) is 0 Å². The number of aliphatic hydroxyl groups excluding tert-OH is 1. The number of halogens is 1. The number of fused-ring (bicyclic) bond motifs is 1. The number of carbonyl (C=O) groups is 1. The number of methoxy groups -OCH3 is 1. The van der Waals surface area contributed by atoms with Crippen molar-refractivity contribution in [2.75, 3.05) is 26.9 Å². The first-order valence-corrected chi connectivity index (χ1v) is 12.8. The fourth-order valence-corrected chi connectivity index (χ4v) is 4.54. The van der Waals surface area contributed by atoms with E-state index in [0.717, 1.165) is 16.7 Å². The summed E-state index contributed by atoms with van der Waals surface area (Å²) in [4.78, 5) is 17.8. The maximum absolute atomic E-state index is 13.0. The second-order valence-corrected chi connectivity index (χ2v) is 10.4. The van der Waals surface area contributed by atoms with Crippen LogP contribution in [0.15, 0.2) is 42.5 Å². The third-order valence-corrected chi connectivity index (χ3v) is 7.18. The largest absolute Gasteiger partial charge is 0.493 e. The second kappa shape index (κ2) is 10.9. The smallest absolute Gasteiger partial charge is 0.163 e. The molecule has 2 unspecified atom stereocenters. The van der Waals surface area contributed by atoms with Crippen molar-refractivity contribution < 1.29 is 29.2 Å². The number of aryl methyl sites for hydroxylation is 1. The molecule has 0 saturated carbocycles. The molecule has 0 spiro atoms. The fraction of sp³-hybridized carbons (Fsp3) is 0.379. The van der Waals surface area contributed by atoms with Crippen LogP contribution >= 0.6 is 11.6 Å². The van der Waals surface area contributed by atoms with Gasteiger partial charge >= 0.3 is 0 Å². The number of nitrogens with two attached hydrogens (primary N) is 1. The first kappa shape index (κ1) is 27.9. The van der Waals surface area contributed by atoms with Gasteiger partial charge in [-0.05, 0) is 63.1 Å². The number of benzene rings is 2. The summed E-state index contributed by atoms with van der Waals surface area (Å²) in [6.07, 6.45) is 0.187.